The average Bonchev–Trinajstić information content (AvgIpc) is 3.12. The zero-order chi connectivity index (χ0) is 47.1. The molecule has 0 bridgehead atoms. The van der Waals surface area contributed by atoms with Crippen LogP contribution in [0.3, 0.4) is 0 Å². The third-order valence-electron chi connectivity index (χ3n) is 7.83. The molecular formula is C39H90N10O6P2S4. The Hall–Kier alpha value is 0.400. The molecule has 0 saturated heterocycles. The van der Waals surface area contributed by atoms with Gasteiger partial charge in [0.1, 0.15) is 5.94 Å². The molecule has 61 heavy (non-hydrogen) atoms. The molecule has 0 aliphatic carbocycles. The van der Waals surface area contributed by atoms with Crippen LogP contribution in [0.15, 0.2) is 9.98 Å². The minimum atomic E-state index is -0.941. The molecule has 1 atom stereocenters. The predicted molar refractivity (Wildman–Crippen MR) is 274 cm³/mol. The molecule has 22 heteroatoms. The fraction of sp³-hybridized carbons (Fsp3) is 0.949. The van der Waals surface area contributed by atoms with Crippen molar-refractivity contribution in [2.75, 3.05) is 69.7 Å². The maximum atomic E-state index is 6.51. The van der Waals surface area contributed by atoms with Gasteiger partial charge in [0.15, 0.2) is 48.7 Å². The van der Waals surface area contributed by atoms with Gasteiger partial charge in [0, 0.05) is 66.4 Å². The van der Waals surface area contributed by atoms with Crippen LogP contribution in [-0.4, -0.2) is 155 Å². The molecule has 0 aromatic heterocycles. The lowest BCUT2D eigenvalue weighted by atomic mass is 10.3. The summed E-state index contributed by atoms with van der Waals surface area (Å²) in [6.45, 7) is 40.9. The van der Waals surface area contributed by atoms with Gasteiger partial charge >= 0.3 is 0 Å². The molecule has 0 saturated carbocycles. The molecule has 0 amide bonds. The summed E-state index contributed by atoms with van der Waals surface area (Å²) in [6, 6.07) is 3.09. The van der Waals surface area contributed by atoms with E-state index in [1.165, 1.54) is 0 Å². The third-order valence-corrected chi connectivity index (χ3v) is 18.3. The van der Waals surface area contributed by atoms with Crippen molar-refractivity contribution in [3.05, 3.63) is 0 Å². The molecule has 0 aromatic rings. The summed E-state index contributed by atoms with van der Waals surface area (Å²) >= 11 is 0. The summed E-state index contributed by atoms with van der Waals surface area (Å²) in [5.74, 6) is 3.21. The summed E-state index contributed by atoms with van der Waals surface area (Å²) in [4.78, 5) is 7.91. The highest BCUT2D eigenvalue weighted by molar-refractivity contribution is 8.77. The second-order valence-electron chi connectivity index (χ2n) is 15.9. The molecule has 0 radical (unpaired) electrons. The molecule has 0 aliphatic rings. The topological polar surface area (TPSA) is 197 Å². The van der Waals surface area contributed by atoms with Gasteiger partial charge in [0.2, 0.25) is 0 Å². The molecule has 0 aliphatic heterocycles. The van der Waals surface area contributed by atoms with Crippen molar-refractivity contribution < 1.29 is 28.0 Å². The van der Waals surface area contributed by atoms with Crippen LogP contribution in [0, 0.1) is 0 Å². The molecule has 0 rings (SSSR count). The molecule has 8 N–H and O–H groups in total. The molecular weight excluding hydrogens is 895 g/mol. The summed E-state index contributed by atoms with van der Waals surface area (Å²) in [6.07, 6.45) is -0.256. The maximum Gasteiger partial charge on any atom is 0.191 e. The standard InChI is InChI=1S/C21H48N5O3PS2.C18H42N5O3PS2/c1-10-27-20(15-32-31-14-11-24-21(22)23)28-12-13-29-30(25(16(2)3)17(4)5)26(18(6)7)19(8)9;1-14(2)22(15(3)4)27(23(16(5)6)17(7)8)26-12-24-11-25-13-29-28-10-9-21-18(19)20/h16-20H,10-15H2,1-9H3,(H4,22,23,24);14-17H,9-13H2,1-8H3,(H4,19,20,21). The zero-order valence-corrected chi connectivity index (χ0v) is 46.0. The predicted octanol–water partition coefficient (Wildman–Crippen LogP) is 8.53. The van der Waals surface area contributed by atoms with Gasteiger partial charge in [-0.25, -0.2) is 18.7 Å². The summed E-state index contributed by atoms with van der Waals surface area (Å²) < 4.78 is 45.4. The Bertz CT molecular complexity index is 1030. The van der Waals surface area contributed by atoms with E-state index in [-0.39, 0.29) is 31.8 Å². The van der Waals surface area contributed by atoms with E-state index in [0.717, 1.165) is 17.3 Å². The van der Waals surface area contributed by atoms with E-state index in [9.17, 15) is 0 Å². The van der Waals surface area contributed by atoms with Gasteiger partial charge in [-0.2, -0.15) is 0 Å². The fourth-order valence-corrected chi connectivity index (χ4v) is 14.0. The second-order valence-corrected chi connectivity index (χ2v) is 24.4. The number of hydrogen-bond donors (Lipinski definition) is 4. The highest BCUT2D eigenvalue weighted by atomic mass is 33.1. The minimum absolute atomic E-state index is 0.127. The lowest BCUT2D eigenvalue weighted by Gasteiger charge is -2.45. The Labute approximate surface area is 391 Å². The number of guanidine groups is 2. The highest BCUT2D eigenvalue weighted by Gasteiger charge is 2.35. The van der Waals surface area contributed by atoms with Gasteiger partial charge in [-0.1, -0.05) is 43.2 Å². The number of ether oxygens (including phenoxy) is 4. The SMILES string of the molecule is CC(C)N(C(C)C)P(OCOCOCSSCCN=C(N)N)N(C(C)C)C(C)C.CCOC(CSSCCN=C(N)N)OCCOP(N(C(C)C)C(C)C)N(C(C)C)C(C)C. The Morgan fingerprint density at radius 2 is 0.885 bits per heavy atom. The lowest BCUT2D eigenvalue weighted by molar-refractivity contribution is -0.128. The molecule has 0 aromatic carbocycles. The Morgan fingerprint density at radius 1 is 0.492 bits per heavy atom. The second kappa shape index (κ2) is 38.5. The van der Waals surface area contributed by atoms with Gasteiger partial charge in [-0.05, 0) is 118 Å². The smallest absolute Gasteiger partial charge is 0.191 e. The monoisotopic (exact) mass is 985 g/mol. The summed E-state index contributed by atoms with van der Waals surface area (Å²) in [7, 11) is 4.84. The summed E-state index contributed by atoms with van der Waals surface area (Å²) in [5.41, 5.74) is 21.2. The quantitative estimate of drug-likeness (QED) is 0.0116. The van der Waals surface area contributed by atoms with Crippen molar-refractivity contribution in [1.29, 1.82) is 0 Å². The van der Waals surface area contributed by atoms with Gasteiger partial charge in [0.05, 0.1) is 32.1 Å². The van der Waals surface area contributed by atoms with Crippen LogP contribution < -0.4 is 22.9 Å². The molecule has 16 nitrogen and oxygen atoms in total. The maximum absolute atomic E-state index is 6.51. The number of nitrogens with two attached hydrogens (primary N) is 4. The van der Waals surface area contributed by atoms with Crippen molar-refractivity contribution in [3.63, 3.8) is 0 Å². The van der Waals surface area contributed by atoms with Crippen molar-refractivity contribution >= 4 is 72.0 Å². The van der Waals surface area contributed by atoms with E-state index >= 15 is 0 Å². The largest absolute Gasteiger partial charge is 0.370 e. The van der Waals surface area contributed by atoms with Crippen molar-refractivity contribution in [2.45, 2.75) is 172 Å². The highest BCUT2D eigenvalue weighted by Crippen LogP contribution is 2.51. The van der Waals surface area contributed by atoms with Gasteiger partial charge in [-0.15, -0.1) is 0 Å². The van der Waals surface area contributed by atoms with Crippen LogP contribution in [-0.2, 0) is 28.0 Å². The first-order chi connectivity index (χ1) is 28.6. The van der Waals surface area contributed by atoms with Gasteiger partial charge < -0.3 is 50.9 Å². The zero-order valence-electron chi connectivity index (χ0n) is 40.9. The van der Waals surface area contributed by atoms with Crippen LogP contribution in [0.25, 0.3) is 0 Å². The first-order valence-electron chi connectivity index (χ1n) is 21.6. The van der Waals surface area contributed by atoms with Gasteiger partial charge in [0.25, 0.3) is 0 Å². The minimum Gasteiger partial charge on any atom is -0.370 e. The van der Waals surface area contributed by atoms with Crippen LogP contribution >= 0.6 is 60.1 Å². The molecule has 0 heterocycles. The van der Waals surface area contributed by atoms with Crippen molar-refractivity contribution in [2.24, 2.45) is 32.9 Å². The normalized spacial score (nSPS) is 13.0. The molecule has 0 fully saturated rings. The van der Waals surface area contributed by atoms with Crippen molar-refractivity contribution in [3.8, 4) is 0 Å². The number of nitrogens with zero attached hydrogens (tertiary/aromatic N) is 6. The lowest BCUT2D eigenvalue weighted by Crippen LogP contribution is -2.43. The average molecular weight is 985 g/mol. The first-order valence-corrected chi connectivity index (χ1v) is 28.9. The summed E-state index contributed by atoms with van der Waals surface area (Å²) in [5, 5.41) is 0. The molecule has 366 valence electrons. The van der Waals surface area contributed by atoms with Crippen LogP contribution in [0.4, 0.5) is 0 Å². The Kier molecular flexibility index (Phi) is 40.1. The van der Waals surface area contributed by atoms with E-state index in [2.05, 4.69) is 139 Å². The van der Waals surface area contributed by atoms with Crippen LogP contribution in [0.2, 0.25) is 0 Å². The van der Waals surface area contributed by atoms with E-state index in [1.54, 1.807) is 43.2 Å². The number of rotatable bonds is 36. The Balaban J connectivity index is 0. The molecule has 0 spiro atoms. The van der Waals surface area contributed by atoms with Crippen LogP contribution in [0.1, 0.15) is 118 Å². The van der Waals surface area contributed by atoms with E-state index in [1.807, 2.05) is 6.92 Å². The van der Waals surface area contributed by atoms with E-state index < -0.39 is 16.9 Å². The third kappa shape index (κ3) is 31.1. The van der Waals surface area contributed by atoms with E-state index in [4.69, 9.17) is 50.9 Å². The van der Waals surface area contributed by atoms with Crippen molar-refractivity contribution in [1.82, 2.24) is 18.7 Å². The number of hydrogen-bond acceptors (Lipinski definition) is 16. The van der Waals surface area contributed by atoms with Gasteiger partial charge in [-0.3, -0.25) is 9.98 Å². The molecule has 1 unspecified atom stereocenters. The fourth-order valence-electron chi connectivity index (χ4n) is 6.02. The van der Waals surface area contributed by atoms with Crippen LogP contribution in [0.5, 0.6) is 0 Å². The first kappa shape index (κ1) is 63.5. The van der Waals surface area contributed by atoms with E-state index in [0.29, 0.717) is 87.2 Å². The Morgan fingerprint density at radius 3 is 1.26 bits per heavy atom. The number of aliphatic imine (C=N–C) groups is 2.